The van der Waals surface area contributed by atoms with Gasteiger partial charge >= 0.3 is 0 Å². The van der Waals surface area contributed by atoms with Crippen LogP contribution in [0.1, 0.15) is 25.7 Å². The van der Waals surface area contributed by atoms with Crippen LogP contribution in [-0.4, -0.2) is 17.1 Å². The van der Waals surface area contributed by atoms with E-state index in [0.29, 0.717) is 5.75 Å². The van der Waals surface area contributed by atoms with Crippen LogP contribution in [0.2, 0.25) is 10.0 Å². The molecule has 0 aliphatic heterocycles. The monoisotopic (exact) mass is 304 g/mol. The minimum absolute atomic E-state index is 0.0104. The van der Waals surface area contributed by atoms with Crippen molar-refractivity contribution in [3.05, 3.63) is 32.3 Å². The molecule has 1 aromatic rings. The van der Waals surface area contributed by atoms with Gasteiger partial charge in [0, 0.05) is 18.2 Å². The van der Waals surface area contributed by atoms with E-state index >= 15 is 0 Å². The SMILES string of the molecule is NC1CCC(Oc2c(Cl)cc([N+](=O)[O-])cc2Cl)CC1. The molecule has 19 heavy (non-hydrogen) atoms. The van der Waals surface area contributed by atoms with Gasteiger partial charge in [0.1, 0.15) is 0 Å². The third-order valence-corrected chi connectivity index (χ3v) is 3.76. The minimum Gasteiger partial charge on any atom is -0.487 e. The number of nitrogens with zero attached hydrogens (tertiary/aromatic N) is 1. The number of rotatable bonds is 3. The highest BCUT2D eigenvalue weighted by Gasteiger charge is 2.23. The predicted molar refractivity (Wildman–Crippen MR) is 74.0 cm³/mol. The van der Waals surface area contributed by atoms with Crippen molar-refractivity contribution >= 4 is 28.9 Å². The van der Waals surface area contributed by atoms with E-state index in [1.807, 2.05) is 0 Å². The molecule has 1 aromatic carbocycles. The molecule has 1 aliphatic rings. The molecule has 5 nitrogen and oxygen atoms in total. The maximum absolute atomic E-state index is 10.7. The first-order valence-electron chi connectivity index (χ1n) is 6.03. The van der Waals surface area contributed by atoms with E-state index in [4.69, 9.17) is 33.7 Å². The van der Waals surface area contributed by atoms with Crippen molar-refractivity contribution in [1.82, 2.24) is 0 Å². The van der Waals surface area contributed by atoms with Gasteiger partial charge in [0.2, 0.25) is 0 Å². The van der Waals surface area contributed by atoms with Crippen molar-refractivity contribution in [3.63, 3.8) is 0 Å². The molecular formula is C12H14Cl2N2O3. The van der Waals surface area contributed by atoms with Crippen LogP contribution in [0.5, 0.6) is 5.75 Å². The third kappa shape index (κ3) is 3.49. The van der Waals surface area contributed by atoms with Gasteiger partial charge in [-0.25, -0.2) is 0 Å². The van der Waals surface area contributed by atoms with Crippen molar-refractivity contribution in [3.8, 4) is 5.75 Å². The molecule has 1 saturated carbocycles. The van der Waals surface area contributed by atoms with Crippen molar-refractivity contribution < 1.29 is 9.66 Å². The number of halogens is 2. The molecule has 0 unspecified atom stereocenters. The Morgan fingerprint density at radius 3 is 2.21 bits per heavy atom. The molecule has 0 heterocycles. The van der Waals surface area contributed by atoms with Crippen LogP contribution in [0.25, 0.3) is 0 Å². The molecule has 0 radical (unpaired) electrons. The maximum Gasteiger partial charge on any atom is 0.272 e. The second kappa shape index (κ2) is 5.94. The summed E-state index contributed by atoms with van der Waals surface area (Å²) < 4.78 is 5.76. The topological polar surface area (TPSA) is 78.4 Å². The first-order chi connectivity index (χ1) is 8.97. The van der Waals surface area contributed by atoms with E-state index < -0.39 is 4.92 Å². The summed E-state index contributed by atoms with van der Waals surface area (Å²) in [5, 5.41) is 11.0. The number of nitro benzene ring substituents is 1. The lowest BCUT2D eigenvalue weighted by molar-refractivity contribution is -0.384. The van der Waals surface area contributed by atoms with E-state index in [9.17, 15) is 10.1 Å². The number of nitro groups is 1. The third-order valence-electron chi connectivity index (χ3n) is 3.20. The van der Waals surface area contributed by atoms with Crippen LogP contribution in [0, 0.1) is 10.1 Å². The average molecular weight is 305 g/mol. The van der Waals surface area contributed by atoms with E-state index in [-0.39, 0.29) is 27.9 Å². The number of hydrogen-bond acceptors (Lipinski definition) is 4. The number of ether oxygens (including phenoxy) is 1. The fourth-order valence-corrected chi connectivity index (χ4v) is 2.70. The zero-order chi connectivity index (χ0) is 14.0. The summed E-state index contributed by atoms with van der Waals surface area (Å²) in [5.41, 5.74) is 5.68. The molecule has 0 spiro atoms. The van der Waals surface area contributed by atoms with Gasteiger partial charge in [-0.05, 0) is 25.7 Å². The largest absolute Gasteiger partial charge is 0.487 e. The average Bonchev–Trinajstić information content (AvgIpc) is 2.35. The Hall–Kier alpha value is -1.04. The summed E-state index contributed by atoms with van der Waals surface area (Å²) in [6, 6.07) is 2.72. The Bertz CT molecular complexity index is 465. The van der Waals surface area contributed by atoms with Gasteiger partial charge in [-0.1, -0.05) is 23.2 Å². The number of hydrogen-bond donors (Lipinski definition) is 1. The molecule has 0 amide bonds. The molecule has 1 aliphatic carbocycles. The van der Waals surface area contributed by atoms with E-state index in [2.05, 4.69) is 0 Å². The van der Waals surface area contributed by atoms with Crippen LogP contribution in [-0.2, 0) is 0 Å². The van der Waals surface area contributed by atoms with Gasteiger partial charge in [-0.2, -0.15) is 0 Å². The quantitative estimate of drug-likeness (QED) is 0.684. The highest BCUT2D eigenvalue weighted by Crippen LogP contribution is 2.38. The Balaban J connectivity index is 2.14. The summed E-state index contributed by atoms with van der Waals surface area (Å²) in [6.07, 6.45) is 3.48. The summed E-state index contributed by atoms with van der Waals surface area (Å²) in [6.45, 7) is 0. The zero-order valence-electron chi connectivity index (χ0n) is 10.1. The van der Waals surface area contributed by atoms with Crippen LogP contribution in [0.4, 0.5) is 5.69 Å². The summed E-state index contributed by atoms with van der Waals surface area (Å²) in [5.74, 6) is 0.314. The summed E-state index contributed by atoms with van der Waals surface area (Å²) in [4.78, 5) is 10.1. The fourth-order valence-electron chi connectivity index (χ4n) is 2.14. The molecule has 0 atom stereocenters. The van der Waals surface area contributed by atoms with Crippen molar-refractivity contribution in [1.29, 1.82) is 0 Å². The summed E-state index contributed by atoms with van der Waals surface area (Å²) in [7, 11) is 0. The molecule has 104 valence electrons. The normalized spacial score (nSPS) is 23.1. The molecule has 2 N–H and O–H groups in total. The standard InChI is InChI=1S/C12H14Cl2N2O3/c13-10-5-8(16(17)18)6-11(14)12(10)19-9-3-1-7(15)2-4-9/h5-7,9H,1-4,15H2. The molecule has 0 aromatic heterocycles. The molecule has 7 heteroatoms. The van der Waals surface area contributed by atoms with Crippen LogP contribution >= 0.6 is 23.2 Å². The smallest absolute Gasteiger partial charge is 0.272 e. The van der Waals surface area contributed by atoms with Crippen LogP contribution in [0.15, 0.2) is 12.1 Å². The zero-order valence-corrected chi connectivity index (χ0v) is 11.7. The van der Waals surface area contributed by atoms with Gasteiger partial charge in [0.05, 0.1) is 21.1 Å². The first kappa shape index (κ1) is 14.4. The second-order valence-electron chi connectivity index (χ2n) is 4.65. The Morgan fingerprint density at radius 1 is 1.21 bits per heavy atom. The molecular weight excluding hydrogens is 291 g/mol. The maximum atomic E-state index is 10.7. The van der Waals surface area contributed by atoms with Gasteiger partial charge in [-0.15, -0.1) is 0 Å². The Kier molecular flexibility index (Phi) is 4.50. The van der Waals surface area contributed by atoms with E-state index in [0.717, 1.165) is 25.7 Å². The molecule has 2 rings (SSSR count). The van der Waals surface area contributed by atoms with Crippen molar-refractivity contribution in [2.75, 3.05) is 0 Å². The van der Waals surface area contributed by atoms with Crippen molar-refractivity contribution in [2.24, 2.45) is 5.73 Å². The van der Waals surface area contributed by atoms with Crippen LogP contribution in [0.3, 0.4) is 0 Å². The second-order valence-corrected chi connectivity index (χ2v) is 5.46. The van der Waals surface area contributed by atoms with E-state index in [1.54, 1.807) is 0 Å². The van der Waals surface area contributed by atoms with Gasteiger partial charge in [-0.3, -0.25) is 10.1 Å². The lowest BCUT2D eigenvalue weighted by Crippen LogP contribution is -2.31. The molecule has 0 bridgehead atoms. The van der Waals surface area contributed by atoms with Gasteiger partial charge < -0.3 is 10.5 Å². The fraction of sp³-hybridized carbons (Fsp3) is 0.500. The van der Waals surface area contributed by atoms with Gasteiger partial charge in [0.25, 0.3) is 5.69 Å². The Morgan fingerprint density at radius 2 is 1.74 bits per heavy atom. The predicted octanol–water partition coefficient (Wildman–Crippen LogP) is 3.55. The molecule has 1 fully saturated rings. The number of non-ortho nitro benzene ring substituents is 1. The number of nitrogens with two attached hydrogens (primary N) is 1. The van der Waals surface area contributed by atoms with Crippen LogP contribution < -0.4 is 10.5 Å². The lowest BCUT2D eigenvalue weighted by atomic mass is 9.94. The van der Waals surface area contributed by atoms with Crippen molar-refractivity contribution in [2.45, 2.75) is 37.8 Å². The van der Waals surface area contributed by atoms with Gasteiger partial charge in [0.15, 0.2) is 5.75 Å². The summed E-state index contributed by atoms with van der Waals surface area (Å²) >= 11 is 12.0. The highest BCUT2D eigenvalue weighted by atomic mass is 35.5. The first-order valence-corrected chi connectivity index (χ1v) is 6.78. The highest BCUT2D eigenvalue weighted by molar-refractivity contribution is 6.37. The lowest BCUT2D eigenvalue weighted by Gasteiger charge is -2.27. The molecule has 0 saturated heterocycles. The number of benzene rings is 1. The van der Waals surface area contributed by atoms with E-state index in [1.165, 1.54) is 12.1 Å². The minimum atomic E-state index is -0.541. The Labute approximate surface area is 120 Å².